The molecule has 1 aromatic heterocycles. The molecule has 2 rings (SSSR count). The first-order valence-corrected chi connectivity index (χ1v) is 5.12. The van der Waals surface area contributed by atoms with Gasteiger partial charge in [0, 0.05) is 0 Å². The van der Waals surface area contributed by atoms with Gasteiger partial charge in [0.15, 0.2) is 0 Å². The van der Waals surface area contributed by atoms with Gasteiger partial charge in [0.2, 0.25) is 0 Å². The van der Waals surface area contributed by atoms with Gasteiger partial charge in [-0.15, -0.1) is 0 Å². The second kappa shape index (κ2) is 4.23. The van der Waals surface area contributed by atoms with Crippen molar-refractivity contribution in [3.63, 3.8) is 0 Å². The van der Waals surface area contributed by atoms with E-state index >= 15 is 0 Å². The number of pyridine rings is 1. The zero-order chi connectivity index (χ0) is 11.5. The number of hydrogen-bond acceptors (Lipinski definition) is 3. The van der Waals surface area contributed by atoms with Crippen molar-refractivity contribution < 1.29 is 4.74 Å². The Morgan fingerprint density at radius 2 is 1.94 bits per heavy atom. The summed E-state index contributed by atoms with van der Waals surface area (Å²) in [6, 6.07) is 9.59. The van der Waals surface area contributed by atoms with E-state index in [0.29, 0.717) is 11.6 Å². The summed E-state index contributed by atoms with van der Waals surface area (Å²) in [4.78, 5) is 3.98. The van der Waals surface area contributed by atoms with Crippen LogP contribution in [0.2, 0.25) is 0 Å². The third-order valence-electron chi connectivity index (χ3n) is 2.32. The molecule has 0 unspecified atom stereocenters. The van der Waals surface area contributed by atoms with E-state index in [4.69, 9.17) is 10.5 Å². The Labute approximate surface area is 94.9 Å². The van der Waals surface area contributed by atoms with Crippen molar-refractivity contribution in [2.24, 2.45) is 0 Å². The van der Waals surface area contributed by atoms with Crippen molar-refractivity contribution in [2.45, 2.75) is 13.8 Å². The molecule has 0 aliphatic rings. The van der Waals surface area contributed by atoms with E-state index in [1.165, 1.54) is 5.56 Å². The molecule has 3 heteroatoms. The molecule has 0 spiro atoms. The maximum atomic E-state index is 5.70. The smallest absolute Gasteiger partial charge is 0.145 e. The monoisotopic (exact) mass is 214 g/mol. The Hall–Kier alpha value is -2.03. The molecule has 0 saturated carbocycles. The number of rotatable bonds is 2. The zero-order valence-corrected chi connectivity index (χ0v) is 9.40. The minimum absolute atomic E-state index is 0.493. The van der Waals surface area contributed by atoms with Crippen molar-refractivity contribution in [1.82, 2.24) is 4.98 Å². The minimum Gasteiger partial charge on any atom is -0.455 e. The van der Waals surface area contributed by atoms with Gasteiger partial charge < -0.3 is 10.5 Å². The van der Waals surface area contributed by atoms with E-state index in [0.717, 1.165) is 11.3 Å². The van der Waals surface area contributed by atoms with Crippen LogP contribution in [0.3, 0.4) is 0 Å². The van der Waals surface area contributed by atoms with Gasteiger partial charge in [0.1, 0.15) is 17.3 Å². The Morgan fingerprint density at radius 1 is 1.12 bits per heavy atom. The number of nitrogens with two attached hydrogens (primary N) is 1. The number of anilines is 1. The molecule has 3 nitrogen and oxygen atoms in total. The maximum absolute atomic E-state index is 5.70. The predicted molar refractivity (Wildman–Crippen MR) is 64.6 cm³/mol. The summed E-state index contributed by atoms with van der Waals surface area (Å²) in [5, 5.41) is 0. The summed E-state index contributed by atoms with van der Waals surface area (Å²) >= 11 is 0. The number of hydrogen-bond donors (Lipinski definition) is 1. The quantitative estimate of drug-likeness (QED) is 0.835. The fourth-order valence-electron chi connectivity index (χ4n) is 1.49. The number of ether oxygens (including phenoxy) is 1. The predicted octanol–water partition coefficient (Wildman–Crippen LogP) is 3.07. The lowest BCUT2D eigenvalue weighted by Gasteiger charge is -2.08. The largest absolute Gasteiger partial charge is 0.455 e. The van der Waals surface area contributed by atoms with Crippen LogP contribution in [-0.4, -0.2) is 4.98 Å². The summed E-state index contributed by atoms with van der Waals surface area (Å²) < 4.78 is 5.70. The van der Waals surface area contributed by atoms with Gasteiger partial charge in [-0.25, -0.2) is 4.98 Å². The van der Waals surface area contributed by atoms with Crippen molar-refractivity contribution in [2.75, 3.05) is 5.73 Å². The van der Waals surface area contributed by atoms with Crippen LogP contribution in [0.4, 0.5) is 5.82 Å². The van der Waals surface area contributed by atoms with Crippen LogP contribution in [0, 0.1) is 13.8 Å². The van der Waals surface area contributed by atoms with Gasteiger partial charge in [-0.2, -0.15) is 0 Å². The molecule has 0 atom stereocenters. The first kappa shape index (κ1) is 10.5. The lowest BCUT2D eigenvalue weighted by molar-refractivity contribution is 0.476. The third-order valence-corrected chi connectivity index (χ3v) is 2.32. The SMILES string of the molecule is Cc1ccc(Oc2ccc(N)nc2)c(C)c1. The lowest BCUT2D eigenvalue weighted by Crippen LogP contribution is -1.91. The Morgan fingerprint density at radius 3 is 2.56 bits per heavy atom. The van der Waals surface area contributed by atoms with Crippen LogP contribution in [-0.2, 0) is 0 Å². The molecule has 1 aromatic carbocycles. The van der Waals surface area contributed by atoms with E-state index in [-0.39, 0.29) is 0 Å². The van der Waals surface area contributed by atoms with Gasteiger partial charge in [0.25, 0.3) is 0 Å². The summed E-state index contributed by atoms with van der Waals surface area (Å²) in [5.41, 5.74) is 7.83. The van der Waals surface area contributed by atoms with Crippen molar-refractivity contribution in [3.8, 4) is 11.5 Å². The van der Waals surface area contributed by atoms with Crippen LogP contribution < -0.4 is 10.5 Å². The molecule has 2 aromatic rings. The van der Waals surface area contributed by atoms with E-state index in [1.807, 2.05) is 25.1 Å². The molecule has 82 valence electrons. The average molecular weight is 214 g/mol. The molecular formula is C13H14N2O. The molecule has 0 saturated heterocycles. The topological polar surface area (TPSA) is 48.1 Å². The molecule has 0 amide bonds. The fourth-order valence-corrected chi connectivity index (χ4v) is 1.49. The van der Waals surface area contributed by atoms with Gasteiger partial charge >= 0.3 is 0 Å². The number of nitrogens with zero attached hydrogens (tertiary/aromatic N) is 1. The van der Waals surface area contributed by atoms with Crippen molar-refractivity contribution in [3.05, 3.63) is 47.7 Å². The Bertz CT molecular complexity index is 492. The van der Waals surface area contributed by atoms with E-state index in [2.05, 4.69) is 18.0 Å². The fraction of sp³-hybridized carbons (Fsp3) is 0.154. The number of aryl methyl sites for hydroxylation is 2. The van der Waals surface area contributed by atoms with Gasteiger partial charge in [0.05, 0.1) is 6.20 Å². The normalized spacial score (nSPS) is 10.1. The van der Waals surface area contributed by atoms with Gasteiger partial charge in [-0.3, -0.25) is 0 Å². The summed E-state index contributed by atoms with van der Waals surface area (Å²) in [5.74, 6) is 2.03. The highest BCUT2D eigenvalue weighted by Gasteiger charge is 2.01. The summed E-state index contributed by atoms with van der Waals surface area (Å²) in [6.45, 7) is 4.08. The standard InChI is InChI=1S/C13H14N2O/c1-9-3-5-12(10(2)7-9)16-11-4-6-13(14)15-8-11/h3-8H,1-2H3,(H2,14,15). The van der Waals surface area contributed by atoms with Crippen LogP contribution >= 0.6 is 0 Å². The molecule has 0 radical (unpaired) electrons. The van der Waals surface area contributed by atoms with Crippen molar-refractivity contribution in [1.29, 1.82) is 0 Å². The van der Waals surface area contributed by atoms with E-state index in [9.17, 15) is 0 Å². The average Bonchev–Trinajstić information content (AvgIpc) is 2.25. The molecule has 16 heavy (non-hydrogen) atoms. The Balaban J connectivity index is 2.23. The lowest BCUT2D eigenvalue weighted by atomic mass is 10.1. The molecule has 2 N–H and O–H groups in total. The highest BCUT2D eigenvalue weighted by atomic mass is 16.5. The molecular weight excluding hydrogens is 200 g/mol. The van der Waals surface area contributed by atoms with Gasteiger partial charge in [-0.05, 0) is 37.6 Å². The van der Waals surface area contributed by atoms with Crippen LogP contribution in [0.15, 0.2) is 36.5 Å². The van der Waals surface area contributed by atoms with Crippen molar-refractivity contribution >= 4 is 5.82 Å². The molecule has 0 aliphatic carbocycles. The maximum Gasteiger partial charge on any atom is 0.145 e. The van der Waals surface area contributed by atoms with Crippen LogP contribution in [0.25, 0.3) is 0 Å². The zero-order valence-electron chi connectivity index (χ0n) is 9.40. The molecule has 0 fully saturated rings. The summed E-state index contributed by atoms with van der Waals surface area (Å²) in [7, 11) is 0. The van der Waals surface area contributed by atoms with E-state index < -0.39 is 0 Å². The van der Waals surface area contributed by atoms with Crippen LogP contribution in [0.1, 0.15) is 11.1 Å². The number of nitrogen functional groups attached to an aromatic ring is 1. The number of aromatic nitrogens is 1. The second-order valence-corrected chi connectivity index (χ2v) is 3.79. The first-order chi connectivity index (χ1) is 7.65. The van der Waals surface area contributed by atoms with E-state index in [1.54, 1.807) is 12.3 Å². The first-order valence-electron chi connectivity index (χ1n) is 5.12. The van der Waals surface area contributed by atoms with Crippen LogP contribution in [0.5, 0.6) is 11.5 Å². The minimum atomic E-state index is 0.493. The molecule has 1 heterocycles. The number of benzene rings is 1. The Kier molecular flexibility index (Phi) is 2.77. The van der Waals surface area contributed by atoms with Gasteiger partial charge in [-0.1, -0.05) is 17.7 Å². The summed E-state index contributed by atoms with van der Waals surface area (Å²) in [6.07, 6.45) is 1.62. The molecule has 0 bridgehead atoms. The third kappa shape index (κ3) is 2.31. The molecule has 0 aliphatic heterocycles. The second-order valence-electron chi connectivity index (χ2n) is 3.79. The highest BCUT2D eigenvalue weighted by Crippen LogP contribution is 2.25. The highest BCUT2D eigenvalue weighted by molar-refractivity contribution is 5.40.